The van der Waals surface area contributed by atoms with E-state index in [4.69, 9.17) is 39.5 Å². The van der Waals surface area contributed by atoms with E-state index in [0.717, 1.165) is 29.8 Å². The molecule has 0 aliphatic carbocycles. The molecule has 0 spiro atoms. The Kier molecular flexibility index (Phi) is 6.84. The van der Waals surface area contributed by atoms with Crippen LogP contribution in [0, 0.1) is 0 Å². The van der Waals surface area contributed by atoms with Crippen LogP contribution in [-0.4, -0.2) is 6.54 Å². The van der Waals surface area contributed by atoms with Crippen molar-refractivity contribution in [3.8, 4) is 5.75 Å². The topological polar surface area (TPSA) is 21.3 Å². The minimum Gasteiger partial charge on any atom is -0.488 e. The molecular weight excluding hydrogens is 341 g/mol. The minimum absolute atomic E-state index is 0.320. The smallest absolute Gasteiger partial charge is 0.124 e. The summed E-state index contributed by atoms with van der Waals surface area (Å²) in [5, 5.41) is 5.25. The van der Waals surface area contributed by atoms with Crippen LogP contribution in [0.4, 0.5) is 0 Å². The van der Waals surface area contributed by atoms with Gasteiger partial charge in [-0.3, -0.25) is 0 Å². The van der Waals surface area contributed by atoms with E-state index in [1.54, 1.807) is 12.1 Å². The van der Waals surface area contributed by atoms with Crippen LogP contribution in [0.25, 0.3) is 0 Å². The summed E-state index contributed by atoms with van der Waals surface area (Å²) in [6.45, 7) is 4.10. The fourth-order valence-corrected chi connectivity index (χ4v) is 2.75. The Balaban J connectivity index is 2.12. The lowest BCUT2D eigenvalue weighted by atomic mass is 10.2. The first kappa shape index (κ1) is 17.4. The zero-order valence-electron chi connectivity index (χ0n) is 12.3. The van der Waals surface area contributed by atoms with Crippen molar-refractivity contribution in [2.24, 2.45) is 0 Å². The first-order valence-corrected chi connectivity index (χ1v) is 8.30. The third-order valence-corrected chi connectivity index (χ3v) is 4.14. The molecule has 0 aliphatic rings. The Labute approximate surface area is 146 Å². The second-order valence-electron chi connectivity index (χ2n) is 4.92. The number of hydrogen-bond acceptors (Lipinski definition) is 2. The largest absolute Gasteiger partial charge is 0.488 e. The van der Waals surface area contributed by atoms with Crippen LogP contribution in [0.1, 0.15) is 24.5 Å². The van der Waals surface area contributed by atoms with Crippen molar-refractivity contribution in [3.63, 3.8) is 0 Å². The Morgan fingerprint density at radius 3 is 2.45 bits per heavy atom. The van der Waals surface area contributed by atoms with Gasteiger partial charge in [0.15, 0.2) is 0 Å². The average Bonchev–Trinajstić information content (AvgIpc) is 2.49. The van der Waals surface area contributed by atoms with Crippen molar-refractivity contribution in [1.29, 1.82) is 0 Å². The van der Waals surface area contributed by atoms with Gasteiger partial charge in [0.2, 0.25) is 0 Å². The zero-order chi connectivity index (χ0) is 15.9. The van der Waals surface area contributed by atoms with E-state index in [-0.39, 0.29) is 0 Å². The summed E-state index contributed by atoms with van der Waals surface area (Å²) in [7, 11) is 0. The molecule has 0 aromatic heterocycles. The molecule has 0 amide bonds. The number of benzene rings is 2. The van der Waals surface area contributed by atoms with Crippen LogP contribution in [0.5, 0.6) is 5.75 Å². The van der Waals surface area contributed by atoms with Gasteiger partial charge in [-0.1, -0.05) is 47.8 Å². The SMILES string of the molecule is CCCNCc1cc(Cl)ccc1OCc1c(Cl)cccc1Cl. The van der Waals surface area contributed by atoms with Crippen LogP contribution in [0.2, 0.25) is 15.1 Å². The molecule has 0 saturated heterocycles. The van der Waals surface area contributed by atoms with E-state index >= 15 is 0 Å². The zero-order valence-corrected chi connectivity index (χ0v) is 14.6. The molecule has 22 heavy (non-hydrogen) atoms. The van der Waals surface area contributed by atoms with Crippen LogP contribution in [-0.2, 0) is 13.2 Å². The Morgan fingerprint density at radius 2 is 1.77 bits per heavy atom. The van der Waals surface area contributed by atoms with Gasteiger partial charge in [0.1, 0.15) is 12.4 Å². The molecule has 2 nitrogen and oxygen atoms in total. The minimum atomic E-state index is 0.320. The van der Waals surface area contributed by atoms with E-state index in [9.17, 15) is 0 Å². The summed E-state index contributed by atoms with van der Waals surface area (Å²) in [5.41, 5.74) is 1.80. The van der Waals surface area contributed by atoms with E-state index < -0.39 is 0 Å². The van der Waals surface area contributed by atoms with Crippen molar-refractivity contribution in [2.45, 2.75) is 26.5 Å². The molecule has 118 valence electrons. The fraction of sp³-hybridized carbons (Fsp3) is 0.294. The second-order valence-corrected chi connectivity index (χ2v) is 6.17. The Hall–Kier alpha value is -0.930. The first-order valence-electron chi connectivity index (χ1n) is 7.16. The highest BCUT2D eigenvalue weighted by atomic mass is 35.5. The standard InChI is InChI=1S/C17H18Cl3NO/c1-2-8-21-10-12-9-13(18)6-7-17(12)22-11-14-15(19)4-3-5-16(14)20/h3-7,9,21H,2,8,10-11H2,1H3. The van der Waals surface area contributed by atoms with Gasteiger partial charge in [-0.15, -0.1) is 0 Å². The summed E-state index contributed by atoms with van der Waals surface area (Å²) in [6, 6.07) is 11.0. The van der Waals surface area contributed by atoms with Crippen LogP contribution >= 0.6 is 34.8 Å². The molecule has 0 heterocycles. The van der Waals surface area contributed by atoms with Gasteiger partial charge in [-0.05, 0) is 43.3 Å². The lowest BCUT2D eigenvalue weighted by Crippen LogP contribution is -2.14. The van der Waals surface area contributed by atoms with Gasteiger partial charge in [-0.2, -0.15) is 0 Å². The summed E-state index contributed by atoms with van der Waals surface area (Å²) in [5.74, 6) is 0.781. The molecule has 2 aromatic carbocycles. The Bertz CT molecular complexity index is 611. The molecule has 0 radical (unpaired) electrons. The molecule has 2 rings (SSSR count). The van der Waals surface area contributed by atoms with Crippen molar-refractivity contribution < 1.29 is 4.74 Å². The highest BCUT2D eigenvalue weighted by molar-refractivity contribution is 6.35. The Morgan fingerprint density at radius 1 is 1.05 bits per heavy atom. The number of nitrogens with one attached hydrogen (secondary N) is 1. The summed E-state index contributed by atoms with van der Waals surface area (Å²) < 4.78 is 5.90. The summed E-state index contributed by atoms with van der Waals surface area (Å²) in [4.78, 5) is 0. The highest BCUT2D eigenvalue weighted by Gasteiger charge is 2.09. The third kappa shape index (κ3) is 4.79. The normalized spacial score (nSPS) is 10.7. The molecule has 0 unspecified atom stereocenters. The number of ether oxygens (including phenoxy) is 1. The van der Waals surface area contributed by atoms with Crippen LogP contribution in [0.3, 0.4) is 0 Å². The summed E-state index contributed by atoms with van der Waals surface area (Å²) >= 11 is 18.4. The van der Waals surface area contributed by atoms with Crippen LogP contribution in [0.15, 0.2) is 36.4 Å². The van der Waals surface area contributed by atoms with Crippen molar-refractivity contribution in [1.82, 2.24) is 5.32 Å². The molecule has 0 bridgehead atoms. The van der Waals surface area contributed by atoms with Gasteiger partial charge in [-0.25, -0.2) is 0 Å². The molecule has 0 aliphatic heterocycles. The van der Waals surface area contributed by atoms with E-state index in [2.05, 4.69) is 12.2 Å². The third-order valence-electron chi connectivity index (χ3n) is 3.20. The summed E-state index contributed by atoms with van der Waals surface area (Å²) in [6.07, 6.45) is 1.08. The second kappa shape index (κ2) is 8.64. The van der Waals surface area contributed by atoms with Crippen molar-refractivity contribution in [3.05, 3.63) is 62.6 Å². The molecule has 0 atom stereocenters. The van der Waals surface area contributed by atoms with Crippen molar-refractivity contribution >= 4 is 34.8 Å². The highest BCUT2D eigenvalue weighted by Crippen LogP contribution is 2.28. The average molecular weight is 359 g/mol. The van der Waals surface area contributed by atoms with E-state index in [1.165, 1.54) is 0 Å². The molecular formula is C17H18Cl3NO. The monoisotopic (exact) mass is 357 g/mol. The predicted molar refractivity (Wildman–Crippen MR) is 94.2 cm³/mol. The van der Waals surface area contributed by atoms with Gasteiger partial charge >= 0.3 is 0 Å². The van der Waals surface area contributed by atoms with Crippen LogP contribution < -0.4 is 10.1 Å². The molecule has 0 fully saturated rings. The maximum absolute atomic E-state index is 6.17. The van der Waals surface area contributed by atoms with Gasteiger partial charge < -0.3 is 10.1 Å². The predicted octanol–water partition coefficient (Wildman–Crippen LogP) is 5.73. The number of hydrogen-bond donors (Lipinski definition) is 1. The number of halogens is 3. The van der Waals surface area contributed by atoms with E-state index in [1.807, 2.05) is 24.3 Å². The van der Waals surface area contributed by atoms with Crippen molar-refractivity contribution in [2.75, 3.05) is 6.54 Å². The maximum atomic E-state index is 6.17. The quantitative estimate of drug-likeness (QED) is 0.639. The van der Waals surface area contributed by atoms with E-state index in [0.29, 0.717) is 28.2 Å². The molecule has 1 N–H and O–H groups in total. The first-order chi connectivity index (χ1) is 10.6. The van der Waals surface area contributed by atoms with Gasteiger partial charge in [0, 0.05) is 32.7 Å². The molecule has 5 heteroatoms. The lowest BCUT2D eigenvalue weighted by Gasteiger charge is -2.14. The van der Waals surface area contributed by atoms with Gasteiger partial charge in [0.05, 0.1) is 0 Å². The fourth-order valence-electron chi connectivity index (χ4n) is 2.05. The number of rotatable bonds is 7. The maximum Gasteiger partial charge on any atom is 0.124 e. The lowest BCUT2D eigenvalue weighted by molar-refractivity contribution is 0.302. The molecule has 0 saturated carbocycles. The van der Waals surface area contributed by atoms with Gasteiger partial charge in [0.25, 0.3) is 0 Å². The molecule has 2 aromatic rings.